The van der Waals surface area contributed by atoms with Crippen LogP contribution in [0.15, 0.2) is 24.5 Å². The Labute approximate surface area is 76.2 Å². The number of anilines is 1. The van der Waals surface area contributed by atoms with Crippen molar-refractivity contribution in [2.45, 2.75) is 18.9 Å². The van der Waals surface area contributed by atoms with Gasteiger partial charge in [-0.2, -0.15) is 0 Å². The molecular weight excluding hydrogens is 162 g/mol. The van der Waals surface area contributed by atoms with Crippen LogP contribution in [0.3, 0.4) is 0 Å². The third kappa shape index (κ3) is 0.932. The van der Waals surface area contributed by atoms with Gasteiger partial charge in [0.05, 0.1) is 17.5 Å². The fraction of sp³-hybridized carbons (Fsp3) is 0.300. The van der Waals surface area contributed by atoms with E-state index in [9.17, 15) is 0 Å². The highest BCUT2D eigenvalue weighted by atomic mass is 15.1. The third-order valence-corrected chi connectivity index (χ3v) is 2.58. The molecule has 3 rings (SSSR count). The highest BCUT2D eigenvalue weighted by Crippen LogP contribution is 2.37. The standard InChI is InChI=1S/C10H11N3/c11-8-2-1-3-9-10(8)12-6-13(9)7-4-5-7/h1-3,6-7H,4-5,11H2. The maximum atomic E-state index is 5.81. The Morgan fingerprint density at radius 3 is 3.00 bits per heavy atom. The van der Waals surface area contributed by atoms with Gasteiger partial charge in [0, 0.05) is 6.04 Å². The third-order valence-electron chi connectivity index (χ3n) is 2.58. The van der Waals surface area contributed by atoms with Crippen molar-refractivity contribution in [2.75, 3.05) is 5.73 Å². The zero-order valence-electron chi connectivity index (χ0n) is 7.27. The minimum atomic E-state index is 0.673. The minimum absolute atomic E-state index is 0.673. The number of nitrogens with two attached hydrogens (primary N) is 1. The molecule has 1 fully saturated rings. The molecule has 3 nitrogen and oxygen atoms in total. The number of para-hydroxylation sites is 1. The van der Waals surface area contributed by atoms with Crippen molar-refractivity contribution >= 4 is 16.7 Å². The average Bonchev–Trinajstić information content (AvgIpc) is 2.87. The van der Waals surface area contributed by atoms with Crippen LogP contribution in [0.5, 0.6) is 0 Å². The van der Waals surface area contributed by atoms with Gasteiger partial charge in [-0.3, -0.25) is 0 Å². The summed E-state index contributed by atoms with van der Waals surface area (Å²) in [5.74, 6) is 0. The van der Waals surface area contributed by atoms with Crippen molar-refractivity contribution in [3.05, 3.63) is 24.5 Å². The zero-order chi connectivity index (χ0) is 8.84. The molecule has 1 aliphatic rings. The van der Waals surface area contributed by atoms with Crippen molar-refractivity contribution in [1.82, 2.24) is 9.55 Å². The molecule has 66 valence electrons. The van der Waals surface area contributed by atoms with Crippen LogP contribution in [0.4, 0.5) is 5.69 Å². The molecule has 0 spiro atoms. The van der Waals surface area contributed by atoms with Crippen molar-refractivity contribution < 1.29 is 0 Å². The van der Waals surface area contributed by atoms with E-state index in [0.29, 0.717) is 6.04 Å². The Morgan fingerprint density at radius 2 is 2.23 bits per heavy atom. The highest BCUT2D eigenvalue weighted by Gasteiger charge is 2.24. The quantitative estimate of drug-likeness (QED) is 0.670. The molecule has 2 N–H and O–H groups in total. The van der Waals surface area contributed by atoms with Crippen LogP contribution in [-0.4, -0.2) is 9.55 Å². The number of nitrogen functional groups attached to an aromatic ring is 1. The van der Waals surface area contributed by atoms with Gasteiger partial charge in [-0.05, 0) is 25.0 Å². The first-order chi connectivity index (χ1) is 6.36. The van der Waals surface area contributed by atoms with E-state index in [2.05, 4.69) is 15.6 Å². The molecule has 0 atom stereocenters. The number of imidazole rings is 1. The summed E-state index contributed by atoms with van der Waals surface area (Å²) >= 11 is 0. The molecule has 2 aromatic rings. The number of fused-ring (bicyclic) bond motifs is 1. The first-order valence-corrected chi connectivity index (χ1v) is 4.57. The molecule has 0 radical (unpaired) electrons. The molecular formula is C10H11N3. The van der Waals surface area contributed by atoms with E-state index >= 15 is 0 Å². The van der Waals surface area contributed by atoms with Crippen LogP contribution < -0.4 is 5.73 Å². The van der Waals surface area contributed by atoms with E-state index in [1.807, 2.05) is 18.5 Å². The Balaban J connectivity index is 2.32. The molecule has 0 aliphatic heterocycles. The summed E-state index contributed by atoms with van der Waals surface area (Å²) in [5.41, 5.74) is 8.70. The molecule has 1 aliphatic carbocycles. The van der Waals surface area contributed by atoms with Gasteiger partial charge in [-0.15, -0.1) is 0 Å². The maximum Gasteiger partial charge on any atom is 0.111 e. The maximum absolute atomic E-state index is 5.81. The van der Waals surface area contributed by atoms with Gasteiger partial charge in [-0.1, -0.05) is 6.07 Å². The molecule has 0 amide bonds. The lowest BCUT2D eigenvalue weighted by Gasteiger charge is -2.00. The number of aromatic nitrogens is 2. The Hall–Kier alpha value is -1.51. The van der Waals surface area contributed by atoms with Crippen molar-refractivity contribution in [2.24, 2.45) is 0 Å². The van der Waals surface area contributed by atoms with Gasteiger partial charge < -0.3 is 10.3 Å². The Bertz CT molecular complexity index is 454. The predicted octanol–water partition coefficient (Wildman–Crippen LogP) is 1.95. The van der Waals surface area contributed by atoms with E-state index in [0.717, 1.165) is 11.2 Å². The lowest BCUT2D eigenvalue weighted by Crippen LogP contribution is -1.91. The monoisotopic (exact) mass is 173 g/mol. The topological polar surface area (TPSA) is 43.8 Å². The second-order valence-electron chi connectivity index (χ2n) is 3.60. The van der Waals surface area contributed by atoms with Gasteiger partial charge >= 0.3 is 0 Å². The summed E-state index contributed by atoms with van der Waals surface area (Å²) < 4.78 is 2.23. The van der Waals surface area contributed by atoms with Gasteiger partial charge in [0.25, 0.3) is 0 Å². The SMILES string of the molecule is Nc1cccc2c1ncn2C1CC1. The molecule has 13 heavy (non-hydrogen) atoms. The fourth-order valence-corrected chi connectivity index (χ4v) is 1.72. The fourth-order valence-electron chi connectivity index (χ4n) is 1.72. The van der Waals surface area contributed by atoms with E-state index in [-0.39, 0.29) is 0 Å². The van der Waals surface area contributed by atoms with E-state index in [1.165, 1.54) is 18.4 Å². The summed E-state index contributed by atoms with van der Waals surface area (Å²) in [4.78, 5) is 4.32. The molecule has 1 aromatic heterocycles. The zero-order valence-corrected chi connectivity index (χ0v) is 7.27. The predicted molar refractivity (Wildman–Crippen MR) is 52.4 cm³/mol. The first-order valence-electron chi connectivity index (χ1n) is 4.57. The van der Waals surface area contributed by atoms with Crippen molar-refractivity contribution in [3.63, 3.8) is 0 Å². The Kier molecular flexibility index (Phi) is 1.20. The minimum Gasteiger partial charge on any atom is -0.397 e. The van der Waals surface area contributed by atoms with Crippen LogP contribution in [-0.2, 0) is 0 Å². The smallest absolute Gasteiger partial charge is 0.111 e. The van der Waals surface area contributed by atoms with E-state index < -0.39 is 0 Å². The lowest BCUT2D eigenvalue weighted by atomic mass is 10.3. The Morgan fingerprint density at radius 1 is 1.38 bits per heavy atom. The van der Waals surface area contributed by atoms with Crippen LogP contribution in [0, 0.1) is 0 Å². The second-order valence-corrected chi connectivity index (χ2v) is 3.60. The molecule has 1 saturated carbocycles. The molecule has 0 unspecified atom stereocenters. The highest BCUT2D eigenvalue weighted by molar-refractivity contribution is 5.87. The van der Waals surface area contributed by atoms with Crippen LogP contribution in [0.1, 0.15) is 18.9 Å². The molecule has 0 saturated heterocycles. The first kappa shape index (κ1) is 6.95. The number of hydrogen-bond donors (Lipinski definition) is 1. The van der Waals surface area contributed by atoms with Gasteiger partial charge in [-0.25, -0.2) is 4.98 Å². The summed E-state index contributed by atoms with van der Waals surface area (Å²) in [6, 6.07) is 6.63. The summed E-state index contributed by atoms with van der Waals surface area (Å²) in [6.45, 7) is 0. The van der Waals surface area contributed by atoms with Crippen molar-refractivity contribution in [3.8, 4) is 0 Å². The average molecular weight is 173 g/mol. The molecule has 1 aromatic carbocycles. The normalized spacial score (nSPS) is 16.6. The van der Waals surface area contributed by atoms with Crippen LogP contribution in [0.2, 0.25) is 0 Å². The molecule has 1 heterocycles. The number of nitrogens with zero attached hydrogens (tertiary/aromatic N) is 2. The number of rotatable bonds is 1. The number of benzene rings is 1. The van der Waals surface area contributed by atoms with E-state index in [1.54, 1.807) is 0 Å². The molecule has 0 bridgehead atoms. The second kappa shape index (κ2) is 2.25. The summed E-state index contributed by atoms with van der Waals surface area (Å²) in [5, 5.41) is 0. The van der Waals surface area contributed by atoms with Crippen LogP contribution >= 0.6 is 0 Å². The largest absolute Gasteiger partial charge is 0.397 e. The van der Waals surface area contributed by atoms with Gasteiger partial charge in [0.1, 0.15) is 5.52 Å². The lowest BCUT2D eigenvalue weighted by molar-refractivity contribution is 0.766. The van der Waals surface area contributed by atoms with Gasteiger partial charge in [0.15, 0.2) is 0 Å². The van der Waals surface area contributed by atoms with E-state index in [4.69, 9.17) is 5.73 Å². The van der Waals surface area contributed by atoms with Crippen molar-refractivity contribution in [1.29, 1.82) is 0 Å². The summed E-state index contributed by atoms with van der Waals surface area (Å²) in [6.07, 6.45) is 4.46. The van der Waals surface area contributed by atoms with Gasteiger partial charge in [0.2, 0.25) is 0 Å². The van der Waals surface area contributed by atoms with Crippen LogP contribution in [0.25, 0.3) is 11.0 Å². The summed E-state index contributed by atoms with van der Waals surface area (Å²) in [7, 11) is 0. The number of hydrogen-bond acceptors (Lipinski definition) is 2. The molecule has 3 heteroatoms.